The van der Waals surface area contributed by atoms with Crippen LogP contribution >= 0.6 is 11.6 Å². The van der Waals surface area contributed by atoms with Gasteiger partial charge in [0.15, 0.2) is 5.78 Å². The summed E-state index contributed by atoms with van der Waals surface area (Å²) in [5, 5.41) is 38.4. The molecular weight excluding hydrogens is 912 g/mol. The Hall–Kier alpha value is -3.69. The Balaban J connectivity index is 1.48. The number of anilines is 1. The number of piperidine rings is 1. The number of nitrogens with one attached hydrogen (secondary N) is 1. The molecule has 3 heterocycles. The van der Waals surface area contributed by atoms with E-state index in [-0.39, 0.29) is 54.1 Å². The van der Waals surface area contributed by atoms with E-state index in [1.807, 2.05) is 76.3 Å². The van der Waals surface area contributed by atoms with E-state index in [0.717, 1.165) is 17.7 Å². The van der Waals surface area contributed by atoms with Crippen molar-refractivity contribution >= 4 is 40.7 Å². The number of ether oxygens (including phenoxy) is 4. The molecule has 4 aliphatic rings. The van der Waals surface area contributed by atoms with Crippen LogP contribution in [0.5, 0.6) is 0 Å². The summed E-state index contributed by atoms with van der Waals surface area (Å²) in [7, 11) is 3.05. The number of carbonyl (C=O) groups excluding carboxylic acids is 4. The largest absolute Gasteiger partial charge is 0.461 e. The number of aliphatic hydroxyl groups excluding tert-OH is 2. The van der Waals surface area contributed by atoms with Crippen molar-refractivity contribution in [3.63, 3.8) is 0 Å². The van der Waals surface area contributed by atoms with E-state index in [1.165, 1.54) is 12.0 Å². The van der Waals surface area contributed by atoms with Crippen molar-refractivity contribution in [2.24, 2.45) is 35.5 Å². The third kappa shape index (κ3) is 15.4. The number of fused-ring (bicyclic) bond motifs is 3. The van der Waals surface area contributed by atoms with E-state index in [9.17, 15) is 34.5 Å². The number of methoxy groups -OCH3 is 2. The maximum atomic E-state index is 14.5. The van der Waals surface area contributed by atoms with Gasteiger partial charge in [-0.3, -0.25) is 14.4 Å². The molecule has 0 radical (unpaired) electrons. The first-order chi connectivity index (χ1) is 33.3. The standard InChI is InChI=1S/C56H83ClN2O11/c1-34-15-11-10-12-16-36(3)45(58-43-23-21-42(57)22-24-43)33-44-25-19-40(7)56(66,70-44)53(63)54(64)59-28-14-13-17-46(59)55(65)69-48(37(4)31-41-20-26-47(60)49(32-41)67-8)27-18-35(2)30-39(6)51(62)52(68-9)50(61)38(5)29-34/h10-12,15-16,21-24,30,34-35,37-38,40-41,44-49,51-52,58,60,62,66H,13-14,17-20,25-29,31-33H2,1-9H3/b12-10+,15-11+,36-16+,39-30+/t34-,35+,37-,38?,40?,41?,44?,45?,46?,47-,48+,49?,51?,52+,56?/m1/s1. The van der Waals surface area contributed by atoms with Crippen molar-refractivity contribution in [3.05, 3.63) is 76.9 Å². The second-order valence-electron chi connectivity index (χ2n) is 21.2. The number of carbonyl (C=O) groups is 4. The first-order valence-corrected chi connectivity index (χ1v) is 26.3. The van der Waals surface area contributed by atoms with Crippen molar-refractivity contribution in [1.82, 2.24) is 4.90 Å². The molecule has 1 aliphatic carbocycles. The van der Waals surface area contributed by atoms with E-state index in [4.69, 9.17) is 30.5 Å². The van der Waals surface area contributed by atoms with Crippen LogP contribution < -0.4 is 5.32 Å². The summed E-state index contributed by atoms with van der Waals surface area (Å²) in [5.74, 6) is -6.24. The lowest BCUT2D eigenvalue weighted by Gasteiger charge is -2.43. The van der Waals surface area contributed by atoms with E-state index in [2.05, 4.69) is 12.2 Å². The molecule has 70 heavy (non-hydrogen) atoms. The molecule has 5 rings (SSSR count). The minimum atomic E-state index is -2.41. The zero-order valence-corrected chi connectivity index (χ0v) is 43.9. The van der Waals surface area contributed by atoms with Crippen LogP contribution in [-0.2, 0) is 38.1 Å². The van der Waals surface area contributed by atoms with Crippen LogP contribution in [0.3, 0.4) is 0 Å². The van der Waals surface area contributed by atoms with Crippen LogP contribution in [0.1, 0.15) is 132 Å². The molecule has 14 heteroatoms. The average molecular weight is 996 g/mol. The van der Waals surface area contributed by atoms with Crippen molar-refractivity contribution in [2.45, 2.75) is 186 Å². The average Bonchev–Trinajstić information content (AvgIpc) is 3.33. The second-order valence-corrected chi connectivity index (χ2v) is 21.6. The SMILES string of the molecule is COC1CC(C[C@@H](C)[C@@H]2CC[C@H](C)/C=C(\C)C(O)[C@@H](OC)C(=O)C(C)C[C@H](C)/C=C/C=C/C=C(\C)C(Nc3ccc(Cl)cc3)CC3CCC(C)C(O)(O3)C(=O)C(=O)N3CCCCC3C(=O)O2)CC[C@H]1O. The number of amides is 1. The number of nitrogens with zero attached hydrogens (tertiary/aromatic N) is 1. The van der Waals surface area contributed by atoms with Gasteiger partial charge in [-0.15, -0.1) is 0 Å². The number of ketones is 2. The predicted octanol–water partition coefficient (Wildman–Crippen LogP) is 9.12. The number of cyclic esters (lactones) is 1. The first-order valence-electron chi connectivity index (χ1n) is 25.9. The molecule has 390 valence electrons. The molecule has 4 N–H and O–H groups in total. The highest BCUT2D eigenvalue weighted by Gasteiger charge is 2.53. The minimum Gasteiger partial charge on any atom is -0.461 e. The summed E-state index contributed by atoms with van der Waals surface area (Å²) >= 11 is 6.22. The van der Waals surface area contributed by atoms with Gasteiger partial charge in [-0.2, -0.15) is 0 Å². The molecule has 1 aromatic rings. The number of Topliss-reactive ketones (excluding diaryl/α,β-unsaturated/α-hetero) is 2. The van der Waals surface area contributed by atoms with Crippen LogP contribution in [0.4, 0.5) is 5.69 Å². The third-order valence-electron chi connectivity index (χ3n) is 15.5. The van der Waals surface area contributed by atoms with Gasteiger partial charge in [0.05, 0.1) is 18.3 Å². The van der Waals surface area contributed by atoms with Crippen LogP contribution in [0.15, 0.2) is 71.9 Å². The number of hydrogen-bond acceptors (Lipinski definition) is 12. The Morgan fingerprint density at radius 3 is 2.27 bits per heavy atom. The molecule has 0 aromatic heterocycles. The molecule has 1 amide bonds. The van der Waals surface area contributed by atoms with Crippen LogP contribution in [-0.4, -0.2) is 119 Å². The highest BCUT2D eigenvalue weighted by atomic mass is 35.5. The molecular formula is C56H83ClN2O11. The maximum Gasteiger partial charge on any atom is 0.329 e. The van der Waals surface area contributed by atoms with Gasteiger partial charge in [-0.25, -0.2) is 4.79 Å². The van der Waals surface area contributed by atoms with Gasteiger partial charge in [0.1, 0.15) is 24.4 Å². The summed E-state index contributed by atoms with van der Waals surface area (Å²) < 4.78 is 24.1. The fourth-order valence-electron chi connectivity index (χ4n) is 11.0. The number of esters is 1. The number of aliphatic hydroxyl groups is 3. The molecule has 9 unspecified atom stereocenters. The number of halogens is 1. The Kier molecular flexibility index (Phi) is 21.9. The van der Waals surface area contributed by atoms with Gasteiger partial charge in [0.25, 0.3) is 11.7 Å². The summed E-state index contributed by atoms with van der Waals surface area (Å²) in [6, 6.07) is 5.99. The van der Waals surface area contributed by atoms with E-state index in [0.29, 0.717) is 87.6 Å². The Morgan fingerprint density at radius 1 is 0.843 bits per heavy atom. The summed E-state index contributed by atoms with van der Waals surface area (Å²) in [4.78, 5) is 58.5. The minimum absolute atomic E-state index is 0.0471. The molecule has 1 saturated carbocycles. The summed E-state index contributed by atoms with van der Waals surface area (Å²) in [6.07, 6.45) is 14.9. The number of rotatable bonds is 7. The van der Waals surface area contributed by atoms with Gasteiger partial charge in [0, 0.05) is 49.4 Å². The van der Waals surface area contributed by atoms with Crippen molar-refractivity contribution in [1.29, 1.82) is 0 Å². The van der Waals surface area contributed by atoms with Crippen LogP contribution in [0.2, 0.25) is 5.02 Å². The van der Waals surface area contributed by atoms with Crippen LogP contribution in [0, 0.1) is 35.5 Å². The highest BCUT2D eigenvalue weighted by Crippen LogP contribution is 2.38. The number of benzene rings is 1. The Labute approximate surface area is 422 Å². The molecule has 1 aromatic carbocycles. The maximum absolute atomic E-state index is 14.5. The van der Waals surface area contributed by atoms with Gasteiger partial charge in [-0.05, 0) is 151 Å². The fourth-order valence-corrected chi connectivity index (χ4v) is 11.1. The van der Waals surface area contributed by atoms with Crippen molar-refractivity contribution in [2.75, 3.05) is 26.1 Å². The lowest BCUT2D eigenvalue weighted by Crippen LogP contribution is -2.61. The molecule has 2 saturated heterocycles. The third-order valence-corrected chi connectivity index (χ3v) is 15.7. The molecule has 15 atom stereocenters. The predicted molar refractivity (Wildman–Crippen MR) is 273 cm³/mol. The highest BCUT2D eigenvalue weighted by molar-refractivity contribution is 6.39. The first kappa shape index (κ1) is 57.2. The van der Waals surface area contributed by atoms with E-state index in [1.54, 1.807) is 33.1 Å². The second kappa shape index (κ2) is 26.8. The molecule has 13 nitrogen and oxygen atoms in total. The number of allylic oxidation sites excluding steroid dienone is 6. The summed E-state index contributed by atoms with van der Waals surface area (Å²) in [6.45, 7) is 13.6. The normalized spacial score (nSPS) is 38.2. The molecule has 0 spiro atoms. The smallest absolute Gasteiger partial charge is 0.329 e. The Morgan fingerprint density at radius 2 is 1.57 bits per heavy atom. The van der Waals surface area contributed by atoms with Crippen LogP contribution in [0.25, 0.3) is 0 Å². The van der Waals surface area contributed by atoms with Gasteiger partial charge in [0.2, 0.25) is 5.79 Å². The van der Waals surface area contributed by atoms with E-state index >= 15 is 0 Å². The zero-order chi connectivity index (χ0) is 51.3. The van der Waals surface area contributed by atoms with Gasteiger partial charge < -0.3 is 44.5 Å². The van der Waals surface area contributed by atoms with Crippen molar-refractivity contribution < 1.29 is 53.4 Å². The summed E-state index contributed by atoms with van der Waals surface area (Å²) in [5.41, 5.74) is 2.37. The number of hydrogen-bond donors (Lipinski definition) is 4. The zero-order valence-electron chi connectivity index (χ0n) is 43.2. The fraction of sp³-hybridized carbons (Fsp3) is 0.679. The monoisotopic (exact) mass is 995 g/mol. The lowest BCUT2D eigenvalue weighted by atomic mass is 9.78. The lowest BCUT2D eigenvalue weighted by molar-refractivity contribution is -0.263. The van der Waals surface area contributed by atoms with E-state index < -0.39 is 65.9 Å². The Bertz CT molecular complexity index is 2020. The quantitative estimate of drug-likeness (QED) is 0.116. The van der Waals surface area contributed by atoms with Crippen molar-refractivity contribution in [3.8, 4) is 0 Å². The van der Waals surface area contributed by atoms with Gasteiger partial charge >= 0.3 is 5.97 Å². The van der Waals surface area contributed by atoms with Gasteiger partial charge in [-0.1, -0.05) is 88.2 Å². The molecule has 3 aliphatic heterocycles. The molecule has 3 fully saturated rings. The topological polar surface area (TPSA) is 181 Å². The molecule has 2 bridgehead atoms.